The standard InChI is InChI=1S/C14H12Cl2FNOS2/c15-12-8-11(13(16)21-12)14(19)18-6-1-7-20-10-4-2-9(17)3-5-10/h2-5,8H,1,6-7H2,(H,18,19). The van der Waals surface area contributed by atoms with Crippen molar-refractivity contribution in [1.29, 1.82) is 0 Å². The van der Waals surface area contributed by atoms with E-state index < -0.39 is 0 Å². The van der Waals surface area contributed by atoms with E-state index >= 15 is 0 Å². The molecule has 0 aliphatic heterocycles. The third-order valence-electron chi connectivity index (χ3n) is 2.59. The van der Waals surface area contributed by atoms with Gasteiger partial charge in [0.25, 0.3) is 5.91 Å². The molecule has 0 fully saturated rings. The fraction of sp³-hybridized carbons (Fsp3) is 0.214. The summed E-state index contributed by atoms with van der Waals surface area (Å²) in [5, 5.41) is 2.80. The fourth-order valence-electron chi connectivity index (χ4n) is 1.59. The van der Waals surface area contributed by atoms with Crippen molar-refractivity contribution in [3.63, 3.8) is 0 Å². The van der Waals surface area contributed by atoms with Gasteiger partial charge in [-0.1, -0.05) is 23.2 Å². The molecule has 112 valence electrons. The predicted octanol–water partition coefficient (Wildman–Crippen LogP) is 5.11. The minimum Gasteiger partial charge on any atom is -0.352 e. The van der Waals surface area contributed by atoms with Crippen LogP contribution in [0.1, 0.15) is 16.8 Å². The van der Waals surface area contributed by atoms with Crippen molar-refractivity contribution >= 4 is 52.2 Å². The third-order valence-corrected chi connectivity index (χ3v) is 5.18. The Morgan fingerprint density at radius 1 is 1.29 bits per heavy atom. The Bertz CT molecular complexity index is 616. The van der Waals surface area contributed by atoms with Gasteiger partial charge in [0.1, 0.15) is 10.2 Å². The predicted molar refractivity (Wildman–Crippen MR) is 88.4 cm³/mol. The number of hydrogen-bond acceptors (Lipinski definition) is 3. The number of carbonyl (C=O) groups excluding carboxylic acids is 1. The Kier molecular flexibility index (Phi) is 6.36. The highest BCUT2D eigenvalue weighted by atomic mass is 35.5. The average molecular weight is 364 g/mol. The molecule has 0 spiro atoms. The zero-order chi connectivity index (χ0) is 15.2. The molecule has 1 heterocycles. The Hall–Kier alpha value is -0.750. The Morgan fingerprint density at radius 3 is 2.62 bits per heavy atom. The molecule has 2 nitrogen and oxygen atoms in total. The monoisotopic (exact) mass is 363 g/mol. The van der Waals surface area contributed by atoms with Crippen molar-refractivity contribution in [3.8, 4) is 0 Å². The molecule has 7 heteroatoms. The second kappa shape index (κ2) is 8.03. The van der Waals surface area contributed by atoms with Crippen LogP contribution in [-0.2, 0) is 0 Å². The number of thiophene rings is 1. The summed E-state index contributed by atoms with van der Waals surface area (Å²) in [5.41, 5.74) is 0.415. The van der Waals surface area contributed by atoms with E-state index in [0.29, 0.717) is 20.8 Å². The first-order chi connectivity index (χ1) is 10.1. The van der Waals surface area contributed by atoms with E-state index in [1.165, 1.54) is 23.5 Å². The maximum atomic E-state index is 12.7. The second-order valence-corrected chi connectivity index (χ2v) is 7.60. The molecular formula is C14H12Cl2FNOS2. The first kappa shape index (κ1) is 16.6. The molecule has 0 saturated heterocycles. The molecule has 1 aromatic heterocycles. The second-order valence-electron chi connectivity index (χ2n) is 4.15. The lowest BCUT2D eigenvalue weighted by Gasteiger charge is -2.04. The number of benzene rings is 1. The van der Waals surface area contributed by atoms with Crippen LogP contribution in [0.3, 0.4) is 0 Å². The maximum absolute atomic E-state index is 12.7. The molecule has 1 amide bonds. The van der Waals surface area contributed by atoms with Crippen molar-refractivity contribution in [2.45, 2.75) is 11.3 Å². The van der Waals surface area contributed by atoms with E-state index in [0.717, 1.165) is 17.1 Å². The van der Waals surface area contributed by atoms with E-state index in [1.54, 1.807) is 30.0 Å². The number of carbonyl (C=O) groups is 1. The fourth-order valence-corrected chi connectivity index (χ4v) is 3.90. The molecule has 0 aliphatic carbocycles. The Balaban J connectivity index is 1.69. The van der Waals surface area contributed by atoms with Gasteiger partial charge in [-0.25, -0.2) is 4.39 Å². The number of rotatable bonds is 6. The smallest absolute Gasteiger partial charge is 0.253 e. The highest BCUT2D eigenvalue weighted by Gasteiger charge is 2.13. The number of hydrogen-bond donors (Lipinski definition) is 1. The summed E-state index contributed by atoms with van der Waals surface area (Å²) in [6.07, 6.45) is 0.809. The van der Waals surface area contributed by atoms with E-state index in [-0.39, 0.29) is 11.7 Å². The largest absolute Gasteiger partial charge is 0.352 e. The summed E-state index contributed by atoms with van der Waals surface area (Å²) >= 11 is 14.5. The normalized spacial score (nSPS) is 10.6. The topological polar surface area (TPSA) is 29.1 Å². The molecule has 21 heavy (non-hydrogen) atoms. The van der Waals surface area contributed by atoms with Crippen LogP contribution >= 0.6 is 46.3 Å². The molecular weight excluding hydrogens is 352 g/mol. The Morgan fingerprint density at radius 2 is 2.00 bits per heavy atom. The quantitative estimate of drug-likeness (QED) is 0.570. The number of halogens is 3. The van der Waals surface area contributed by atoms with Gasteiger partial charge >= 0.3 is 0 Å². The first-order valence-corrected chi connectivity index (χ1v) is 8.73. The summed E-state index contributed by atoms with van der Waals surface area (Å²) in [6.45, 7) is 0.552. The molecule has 0 radical (unpaired) electrons. The lowest BCUT2D eigenvalue weighted by Crippen LogP contribution is -2.24. The minimum atomic E-state index is -0.238. The number of nitrogens with one attached hydrogen (secondary N) is 1. The molecule has 1 aromatic carbocycles. The van der Waals surface area contributed by atoms with Crippen LogP contribution in [0.5, 0.6) is 0 Å². The first-order valence-electron chi connectivity index (χ1n) is 6.17. The van der Waals surface area contributed by atoms with Crippen LogP contribution in [0, 0.1) is 5.82 Å². The third kappa shape index (κ3) is 5.18. The molecule has 0 aliphatic rings. The highest BCUT2D eigenvalue weighted by Crippen LogP contribution is 2.30. The number of amides is 1. The summed E-state index contributed by atoms with van der Waals surface area (Å²) in [5.74, 6) is 0.386. The van der Waals surface area contributed by atoms with Crippen LogP contribution in [0.25, 0.3) is 0 Å². The van der Waals surface area contributed by atoms with Crippen LogP contribution in [0.2, 0.25) is 8.67 Å². The SMILES string of the molecule is O=C(NCCCSc1ccc(F)cc1)c1cc(Cl)sc1Cl. The Labute approximate surface area is 140 Å². The van der Waals surface area contributed by atoms with E-state index in [2.05, 4.69) is 5.32 Å². The summed E-state index contributed by atoms with van der Waals surface area (Å²) in [6, 6.07) is 7.92. The van der Waals surface area contributed by atoms with Gasteiger partial charge in [0.15, 0.2) is 0 Å². The van der Waals surface area contributed by atoms with Crippen LogP contribution in [0.4, 0.5) is 4.39 Å². The van der Waals surface area contributed by atoms with Crippen molar-refractivity contribution in [1.82, 2.24) is 5.32 Å². The summed E-state index contributed by atoms with van der Waals surface area (Å²) in [7, 11) is 0. The zero-order valence-electron chi connectivity index (χ0n) is 10.9. The minimum absolute atomic E-state index is 0.213. The highest BCUT2D eigenvalue weighted by molar-refractivity contribution is 7.99. The van der Waals surface area contributed by atoms with Gasteiger partial charge in [0, 0.05) is 11.4 Å². The average Bonchev–Trinajstić information content (AvgIpc) is 2.79. The summed E-state index contributed by atoms with van der Waals surface area (Å²) in [4.78, 5) is 12.9. The van der Waals surface area contributed by atoms with E-state index in [9.17, 15) is 9.18 Å². The van der Waals surface area contributed by atoms with Crippen LogP contribution in [0.15, 0.2) is 35.2 Å². The van der Waals surface area contributed by atoms with Gasteiger partial charge in [0.05, 0.1) is 9.90 Å². The van der Waals surface area contributed by atoms with Gasteiger partial charge in [0.2, 0.25) is 0 Å². The van der Waals surface area contributed by atoms with Crippen LogP contribution in [-0.4, -0.2) is 18.2 Å². The number of thioether (sulfide) groups is 1. The van der Waals surface area contributed by atoms with Crippen molar-refractivity contribution in [2.24, 2.45) is 0 Å². The lowest BCUT2D eigenvalue weighted by atomic mass is 10.3. The molecule has 2 aromatic rings. The van der Waals surface area contributed by atoms with Gasteiger partial charge in [-0.15, -0.1) is 23.1 Å². The van der Waals surface area contributed by atoms with Crippen LogP contribution < -0.4 is 5.32 Å². The van der Waals surface area contributed by atoms with Crippen molar-refractivity contribution in [2.75, 3.05) is 12.3 Å². The van der Waals surface area contributed by atoms with Gasteiger partial charge in [-0.2, -0.15) is 0 Å². The molecule has 0 bridgehead atoms. The summed E-state index contributed by atoms with van der Waals surface area (Å²) < 4.78 is 13.6. The van der Waals surface area contributed by atoms with Gasteiger partial charge < -0.3 is 5.32 Å². The zero-order valence-corrected chi connectivity index (χ0v) is 14.0. The van der Waals surface area contributed by atoms with Crippen molar-refractivity contribution in [3.05, 3.63) is 50.4 Å². The molecule has 2 rings (SSSR count). The van der Waals surface area contributed by atoms with Gasteiger partial charge in [-0.3, -0.25) is 4.79 Å². The molecule has 0 atom stereocenters. The molecule has 0 unspecified atom stereocenters. The van der Waals surface area contributed by atoms with Crippen molar-refractivity contribution < 1.29 is 9.18 Å². The molecule has 0 saturated carbocycles. The van der Waals surface area contributed by atoms with Gasteiger partial charge in [-0.05, 0) is 42.5 Å². The van der Waals surface area contributed by atoms with E-state index in [4.69, 9.17) is 23.2 Å². The van der Waals surface area contributed by atoms with E-state index in [1.807, 2.05) is 0 Å². The maximum Gasteiger partial charge on any atom is 0.253 e. The lowest BCUT2D eigenvalue weighted by molar-refractivity contribution is 0.0954. The molecule has 1 N–H and O–H groups in total.